The molecule has 4 nitrogen and oxygen atoms in total. The molecule has 5 heteroatoms. The van der Waals surface area contributed by atoms with Gasteiger partial charge in [-0.1, -0.05) is 30.8 Å². The summed E-state index contributed by atoms with van der Waals surface area (Å²) in [6.07, 6.45) is 2.27. The zero-order valence-corrected chi connectivity index (χ0v) is 15.8. The highest BCUT2D eigenvalue weighted by Gasteiger charge is 2.21. The Morgan fingerprint density at radius 1 is 1.44 bits per heavy atom. The van der Waals surface area contributed by atoms with E-state index >= 15 is 0 Å². The second kappa shape index (κ2) is 7.45. The monoisotopic (exact) mass is 353 g/mol. The first-order valence-corrected chi connectivity index (χ1v) is 9.69. The molecule has 2 aromatic rings. The lowest BCUT2D eigenvalue weighted by Crippen LogP contribution is -2.40. The van der Waals surface area contributed by atoms with Crippen LogP contribution in [-0.4, -0.2) is 34.6 Å². The van der Waals surface area contributed by atoms with Gasteiger partial charge in [0, 0.05) is 18.5 Å². The van der Waals surface area contributed by atoms with E-state index in [9.17, 15) is 10.1 Å². The van der Waals surface area contributed by atoms with Crippen molar-refractivity contribution in [2.75, 3.05) is 18.8 Å². The van der Waals surface area contributed by atoms with Crippen LogP contribution in [0.25, 0.3) is 10.9 Å². The predicted octanol–water partition coefficient (Wildman–Crippen LogP) is 4.07. The van der Waals surface area contributed by atoms with Crippen LogP contribution in [-0.2, 0) is 4.79 Å². The number of carbonyl (C=O) groups is 1. The maximum Gasteiger partial charge on any atom is 0.232 e. The Labute approximate surface area is 153 Å². The smallest absolute Gasteiger partial charge is 0.232 e. The van der Waals surface area contributed by atoms with Gasteiger partial charge in [0.2, 0.25) is 5.91 Å². The average Bonchev–Trinajstić information content (AvgIpc) is 2.62. The topological polar surface area (TPSA) is 57.0 Å². The summed E-state index contributed by atoms with van der Waals surface area (Å²) in [5.41, 5.74) is 3.76. The summed E-state index contributed by atoms with van der Waals surface area (Å²) in [7, 11) is 0. The molecule has 0 aliphatic carbocycles. The van der Waals surface area contributed by atoms with Crippen LogP contribution in [0.4, 0.5) is 0 Å². The number of hydrogen-bond acceptors (Lipinski definition) is 4. The minimum absolute atomic E-state index is 0.142. The van der Waals surface area contributed by atoms with E-state index in [0.29, 0.717) is 22.3 Å². The van der Waals surface area contributed by atoms with Crippen molar-refractivity contribution in [2.45, 2.75) is 38.6 Å². The number of hydrogen-bond donors (Lipinski definition) is 0. The Balaban J connectivity index is 1.81. The summed E-state index contributed by atoms with van der Waals surface area (Å²) in [5.74, 6) is 1.05. The van der Waals surface area contributed by atoms with Gasteiger partial charge in [-0.2, -0.15) is 5.26 Å². The molecule has 0 saturated carbocycles. The summed E-state index contributed by atoms with van der Waals surface area (Å²) < 4.78 is 0. The number of rotatable bonds is 3. The Kier molecular flexibility index (Phi) is 5.29. The fourth-order valence-electron chi connectivity index (χ4n) is 3.29. The molecule has 0 radical (unpaired) electrons. The maximum absolute atomic E-state index is 12.5. The van der Waals surface area contributed by atoms with Crippen molar-refractivity contribution in [1.29, 1.82) is 5.26 Å². The number of aryl methyl sites for hydroxylation is 2. The summed E-state index contributed by atoms with van der Waals surface area (Å²) >= 11 is 1.38. The number of fused-ring (bicyclic) bond motifs is 1. The molecule has 0 N–H and O–H groups in total. The lowest BCUT2D eigenvalue weighted by molar-refractivity contribution is -0.130. The number of aromatic nitrogens is 1. The molecule has 1 aliphatic heterocycles. The van der Waals surface area contributed by atoms with Crippen molar-refractivity contribution in [3.63, 3.8) is 0 Å². The number of likely N-dealkylation sites (tertiary alicyclic amines) is 1. The molecule has 0 spiro atoms. The third-order valence-corrected chi connectivity index (χ3v) is 5.92. The normalized spacial score (nSPS) is 17.5. The molecule has 1 aromatic carbocycles. The van der Waals surface area contributed by atoms with E-state index < -0.39 is 0 Å². The fourth-order valence-corrected chi connectivity index (χ4v) is 4.15. The van der Waals surface area contributed by atoms with Crippen LogP contribution >= 0.6 is 11.8 Å². The number of nitriles is 1. The first kappa shape index (κ1) is 17.8. The molecule has 2 heterocycles. The summed E-state index contributed by atoms with van der Waals surface area (Å²) in [5, 5.41) is 11.1. The molecule has 1 amide bonds. The third kappa shape index (κ3) is 3.80. The third-order valence-electron chi connectivity index (χ3n) is 4.94. The fraction of sp³-hybridized carbons (Fsp3) is 0.450. The van der Waals surface area contributed by atoms with Gasteiger partial charge in [-0.25, -0.2) is 4.98 Å². The van der Waals surface area contributed by atoms with Crippen LogP contribution < -0.4 is 0 Å². The van der Waals surface area contributed by atoms with Crippen LogP contribution in [0.5, 0.6) is 0 Å². The molecule has 25 heavy (non-hydrogen) atoms. The van der Waals surface area contributed by atoms with Gasteiger partial charge in [-0.05, 0) is 49.8 Å². The first-order chi connectivity index (χ1) is 12.0. The lowest BCUT2D eigenvalue weighted by atomic mass is 10.0. The maximum atomic E-state index is 12.5. The van der Waals surface area contributed by atoms with Gasteiger partial charge >= 0.3 is 0 Å². The standard InChI is InChI=1S/C20H23N3OS/c1-13-5-4-8-23(11-13)18(24)12-25-20-17(10-21)9-16-7-6-14(2)15(3)19(16)22-20/h6-7,9,13H,4-5,8,11-12H2,1-3H3. The van der Waals surface area contributed by atoms with E-state index in [2.05, 4.69) is 19.9 Å². The van der Waals surface area contributed by atoms with Crippen LogP contribution in [0, 0.1) is 31.1 Å². The second-order valence-electron chi connectivity index (χ2n) is 6.91. The summed E-state index contributed by atoms with van der Waals surface area (Å²) in [4.78, 5) is 19.2. The molecule has 3 rings (SSSR count). The predicted molar refractivity (Wildman–Crippen MR) is 102 cm³/mol. The van der Waals surface area contributed by atoms with E-state index in [-0.39, 0.29) is 5.91 Å². The Hall–Kier alpha value is -2.06. The van der Waals surface area contributed by atoms with Crippen molar-refractivity contribution in [3.05, 3.63) is 34.9 Å². The average molecular weight is 353 g/mol. The van der Waals surface area contributed by atoms with Gasteiger partial charge in [-0.3, -0.25) is 4.79 Å². The highest BCUT2D eigenvalue weighted by atomic mass is 32.2. The number of pyridine rings is 1. The van der Waals surface area contributed by atoms with Crippen molar-refractivity contribution >= 4 is 28.6 Å². The van der Waals surface area contributed by atoms with E-state index in [4.69, 9.17) is 4.98 Å². The van der Waals surface area contributed by atoms with E-state index in [1.165, 1.54) is 23.7 Å². The molecular weight excluding hydrogens is 330 g/mol. The molecule has 1 aliphatic rings. The summed E-state index contributed by atoms with van der Waals surface area (Å²) in [6.45, 7) is 7.98. The highest BCUT2D eigenvalue weighted by Crippen LogP contribution is 2.28. The van der Waals surface area contributed by atoms with Crippen LogP contribution in [0.1, 0.15) is 36.5 Å². The number of carbonyl (C=O) groups excluding carboxylic acids is 1. The molecule has 1 aromatic heterocycles. The van der Waals surface area contributed by atoms with Crippen LogP contribution in [0.15, 0.2) is 23.2 Å². The minimum Gasteiger partial charge on any atom is -0.342 e. The van der Waals surface area contributed by atoms with Gasteiger partial charge in [-0.15, -0.1) is 0 Å². The Morgan fingerprint density at radius 3 is 2.96 bits per heavy atom. The number of piperidine rings is 1. The highest BCUT2D eigenvalue weighted by molar-refractivity contribution is 8.00. The Bertz CT molecular complexity index is 856. The second-order valence-corrected chi connectivity index (χ2v) is 7.87. The van der Waals surface area contributed by atoms with Crippen molar-refractivity contribution < 1.29 is 4.79 Å². The van der Waals surface area contributed by atoms with E-state index in [1.807, 2.05) is 30.0 Å². The largest absolute Gasteiger partial charge is 0.342 e. The quantitative estimate of drug-likeness (QED) is 0.781. The molecule has 1 atom stereocenters. The van der Waals surface area contributed by atoms with Crippen molar-refractivity contribution in [3.8, 4) is 6.07 Å². The summed E-state index contributed by atoms with van der Waals surface area (Å²) in [6, 6.07) is 8.15. The number of nitrogens with zero attached hydrogens (tertiary/aromatic N) is 3. The van der Waals surface area contributed by atoms with Crippen LogP contribution in [0.2, 0.25) is 0 Å². The van der Waals surface area contributed by atoms with Gasteiger partial charge in [0.1, 0.15) is 11.1 Å². The van der Waals surface area contributed by atoms with Gasteiger partial charge < -0.3 is 4.90 Å². The molecule has 1 saturated heterocycles. The van der Waals surface area contributed by atoms with E-state index in [1.54, 1.807) is 0 Å². The van der Waals surface area contributed by atoms with Crippen molar-refractivity contribution in [2.24, 2.45) is 5.92 Å². The van der Waals surface area contributed by atoms with E-state index in [0.717, 1.165) is 36.0 Å². The van der Waals surface area contributed by atoms with Gasteiger partial charge in [0.15, 0.2) is 0 Å². The molecule has 1 unspecified atom stereocenters. The SMILES string of the molecule is Cc1ccc2cc(C#N)c(SCC(=O)N3CCCC(C)C3)nc2c1C. The number of thioether (sulfide) groups is 1. The minimum atomic E-state index is 0.142. The number of benzene rings is 1. The number of amides is 1. The van der Waals surface area contributed by atoms with Crippen LogP contribution in [0.3, 0.4) is 0 Å². The molecule has 130 valence electrons. The lowest BCUT2D eigenvalue weighted by Gasteiger charge is -2.30. The molecule has 0 bridgehead atoms. The zero-order chi connectivity index (χ0) is 18.0. The molecular formula is C20H23N3OS. The van der Waals surface area contributed by atoms with Gasteiger partial charge in [0.25, 0.3) is 0 Å². The van der Waals surface area contributed by atoms with Crippen molar-refractivity contribution in [1.82, 2.24) is 9.88 Å². The van der Waals surface area contributed by atoms with Gasteiger partial charge in [0.05, 0.1) is 16.8 Å². The Morgan fingerprint density at radius 2 is 2.24 bits per heavy atom. The molecule has 1 fully saturated rings. The first-order valence-electron chi connectivity index (χ1n) is 8.71. The zero-order valence-electron chi connectivity index (χ0n) is 15.0.